The van der Waals surface area contributed by atoms with Crippen LogP contribution in [0.15, 0.2) is 0 Å². The van der Waals surface area contributed by atoms with Crippen molar-refractivity contribution in [1.82, 2.24) is 0 Å². The van der Waals surface area contributed by atoms with Crippen LogP contribution in [-0.2, 0) is 4.74 Å². The van der Waals surface area contributed by atoms with Gasteiger partial charge in [0, 0.05) is 12.5 Å². The molecule has 0 amide bonds. The van der Waals surface area contributed by atoms with Crippen molar-refractivity contribution in [3.63, 3.8) is 0 Å². The van der Waals surface area contributed by atoms with E-state index in [9.17, 15) is 5.11 Å². The highest BCUT2D eigenvalue weighted by molar-refractivity contribution is 5.17. The first kappa shape index (κ1) is 10.4. The van der Waals surface area contributed by atoms with Crippen LogP contribution in [0.1, 0.15) is 40.0 Å². The maximum Gasteiger partial charge on any atom is 0.0941 e. The molecule has 0 aromatic heterocycles. The van der Waals surface area contributed by atoms with Crippen molar-refractivity contribution in [1.29, 1.82) is 0 Å². The Morgan fingerprint density at radius 1 is 1.36 bits per heavy atom. The van der Waals surface area contributed by atoms with Crippen molar-refractivity contribution in [3.8, 4) is 0 Å². The van der Waals surface area contributed by atoms with Crippen LogP contribution in [0.3, 0.4) is 0 Å². The summed E-state index contributed by atoms with van der Waals surface area (Å²) in [6.07, 6.45) is 3.34. The fourth-order valence-electron chi connectivity index (χ4n) is 3.88. The highest BCUT2D eigenvalue weighted by Gasteiger charge is 2.68. The third kappa shape index (κ3) is 0.938. The Balaban J connectivity index is 2.35. The fourth-order valence-corrected chi connectivity index (χ4v) is 3.88. The average Bonchev–Trinajstić information content (AvgIpc) is 2.36. The summed E-state index contributed by atoms with van der Waals surface area (Å²) < 4.78 is 5.19. The topological polar surface area (TPSA) is 29.5 Å². The van der Waals surface area contributed by atoms with Gasteiger partial charge < -0.3 is 9.84 Å². The highest BCUT2D eigenvalue weighted by Crippen LogP contribution is 2.69. The maximum absolute atomic E-state index is 10.7. The molecule has 2 nitrogen and oxygen atoms in total. The number of methoxy groups -OCH3 is 1. The van der Waals surface area contributed by atoms with E-state index in [0.717, 1.165) is 12.8 Å². The molecular formula is C12H22O2. The van der Waals surface area contributed by atoms with Crippen LogP contribution in [-0.4, -0.2) is 24.4 Å². The lowest BCUT2D eigenvalue weighted by atomic mass is 9.65. The summed E-state index contributed by atoms with van der Waals surface area (Å²) in [5.74, 6) is 0.674. The first-order valence-electron chi connectivity index (χ1n) is 5.59. The summed E-state index contributed by atoms with van der Waals surface area (Å²) in [4.78, 5) is 0. The number of hydrogen-bond donors (Lipinski definition) is 1. The number of fused-ring (bicyclic) bond motifs is 2. The van der Waals surface area contributed by atoms with E-state index >= 15 is 0 Å². The Labute approximate surface area is 86.6 Å². The van der Waals surface area contributed by atoms with Gasteiger partial charge in [0.05, 0.1) is 12.2 Å². The van der Waals surface area contributed by atoms with E-state index in [1.807, 2.05) is 0 Å². The van der Waals surface area contributed by atoms with Crippen LogP contribution in [0.25, 0.3) is 0 Å². The van der Waals surface area contributed by atoms with E-state index in [1.54, 1.807) is 7.11 Å². The van der Waals surface area contributed by atoms with Gasteiger partial charge in [0.25, 0.3) is 0 Å². The van der Waals surface area contributed by atoms with E-state index in [2.05, 4.69) is 20.8 Å². The Morgan fingerprint density at radius 2 is 2.00 bits per heavy atom. The molecule has 3 atom stereocenters. The van der Waals surface area contributed by atoms with Crippen LogP contribution < -0.4 is 0 Å². The minimum Gasteiger partial charge on any atom is -0.387 e. The van der Waals surface area contributed by atoms with Gasteiger partial charge in [-0.2, -0.15) is 0 Å². The molecule has 82 valence electrons. The Hall–Kier alpha value is -0.0800. The van der Waals surface area contributed by atoms with Gasteiger partial charge in [-0.15, -0.1) is 0 Å². The van der Waals surface area contributed by atoms with Crippen LogP contribution in [0.4, 0.5) is 0 Å². The van der Waals surface area contributed by atoms with Gasteiger partial charge in [0.15, 0.2) is 0 Å². The summed E-state index contributed by atoms with van der Waals surface area (Å²) in [7, 11) is 1.68. The number of aliphatic hydroxyl groups is 1. The number of ether oxygens (including phenoxy) is 1. The first-order chi connectivity index (χ1) is 6.37. The molecule has 2 aliphatic carbocycles. The second kappa shape index (κ2) is 2.73. The minimum atomic E-state index is -0.589. The van der Waals surface area contributed by atoms with Crippen LogP contribution in [0.5, 0.6) is 0 Å². The second-order valence-electron chi connectivity index (χ2n) is 5.96. The van der Waals surface area contributed by atoms with Crippen molar-refractivity contribution < 1.29 is 9.84 Å². The summed E-state index contributed by atoms with van der Waals surface area (Å²) in [6.45, 7) is 7.33. The van der Waals surface area contributed by atoms with Crippen LogP contribution in [0.2, 0.25) is 0 Å². The largest absolute Gasteiger partial charge is 0.387 e. The molecule has 0 aromatic rings. The quantitative estimate of drug-likeness (QED) is 0.737. The number of rotatable bonds is 2. The average molecular weight is 198 g/mol. The van der Waals surface area contributed by atoms with E-state index in [-0.39, 0.29) is 10.8 Å². The Kier molecular flexibility index (Phi) is 2.04. The number of hydrogen-bond acceptors (Lipinski definition) is 2. The summed E-state index contributed by atoms with van der Waals surface area (Å²) in [5.41, 5.74) is -0.283. The predicted octanol–water partition coefficient (Wildman–Crippen LogP) is 2.21. The molecule has 2 saturated carbocycles. The fraction of sp³-hybridized carbons (Fsp3) is 1.00. The molecule has 2 bridgehead atoms. The van der Waals surface area contributed by atoms with E-state index in [0.29, 0.717) is 12.5 Å². The maximum atomic E-state index is 10.7. The smallest absolute Gasteiger partial charge is 0.0941 e. The van der Waals surface area contributed by atoms with Crippen molar-refractivity contribution in [2.24, 2.45) is 16.7 Å². The lowest BCUT2D eigenvalue weighted by molar-refractivity contribution is -0.127. The third-order valence-electron chi connectivity index (χ3n) is 5.43. The second-order valence-corrected chi connectivity index (χ2v) is 5.96. The zero-order valence-electron chi connectivity index (χ0n) is 9.76. The molecular weight excluding hydrogens is 176 g/mol. The van der Waals surface area contributed by atoms with Gasteiger partial charge >= 0.3 is 0 Å². The van der Waals surface area contributed by atoms with Crippen molar-refractivity contribution >= 4 is 0 Å². The van der Waals surface area contributed by atoms with E-state index in [4.69, 9.17) is 4.74 Å². The molecule has 1 N–H and O–H groups in total. The molecule has 0 spiro atoms. The summed E-state index contributed by atoms with van der Waals surface area (Å²) in [6, 6.07) is 0. The Bertz CT molecular complexity index is 249. The molecule has 2 fully saturated rings. The van der Waals surface area contributed by atoms with Gasteiger partial charge in [-0.05, 0) is 30.6 Å². The Morgan fingerprint density at radius 3 is 2.36 bits per heavy atom. The zero-order chi connectivity index (χ0) is 10.6. The minimum absolute atomic E-state index is 0.0423. The molecule has 2 aliphatic rings. The van der Waals surface area contributed by atoms with Gasteiger partial charge in [0.1, 0.15) is 0 Å². The van der Waals surface area contributed by atoms with Crippen LogP contribution in [0, 0.1) is 16.7 Å². The molecule has 0 aromatic carbocycles. The molecule has 0 heterocycles. The molecule has 0 aliphatic heterocycles. The zero-order valence-corrected chi connectivity index (χ0v) is 9.76. The summed E-state index contributed by atoms with van der Waals surface area (Å²) in [5, 5.41) is 10.7. The molecule has 0 unspecified atom stereocenters. The SMILES string of the molecule is COC[C@@]1(O)C[C@@H]2CC[C@@]1(C)C2(C)C. The molecule has 2 rings (SSSR count). The molecule has 14 heavy (non-hydrogen) atoms. The van der Waals surface area contributed by atoms with Crippen molar-refractivity contribution in [2.45, 2.75) is 45.6 Å². The van der Waals surface area contributed by atoms with Crippen molar-refractivity contribution in [2.75, 3.05) is 13.7 Å². The van der Waals surface area contributed by atoms with Crippen molar-refractivity contribution in [3.05, 3.63) is 0 Å². The standard InChI is InChI=1S/C12H22O2/c1-10(2)9-5-6-11(10,3)12(13,7-9)8-14-4/h9,13H,5-8H2,1-4H3/t9-,11-,12-/m0/s1. The monoisotopic (exact) mass is 198 g/mol. The predicted molar refractivity (Wildman–Crippen MR) is 56.1 cm³/mol. The normalized spacial score (nSPS) is 49.9. The lowest BCUT2D eigenvalue weighted by Gasteiger charge is -2.44. The van der Waals surface area contributed by atoms with Gasteiger partial charge in [0.2, 0.25) is 0 Å². The van der Waals surface area contributed by atoms with E-state index in [1.165, 1.54) is 6.42 Å². The van der Waals surface area contributed by atoms with Gasteiger partial charge in [-0.25, -0.2) is 0 Å². The van der Waals surface area contributed by atoms with Gasteiger partial charge in [-0.1, -0.05) is 20.8 Å². The lowest BCUT2D eigenvalue weighted by Crippen LogP contribution is -2.50. The molecule has 0 saturated heterocycles. The van der Waals surface area contributed by atoms with Crippen LogP contribution >= 0.6 is 0 Å². The third-order valence-corrected chi connectivity index (χ3v) is 5.43. The van der Waals surface area contributed by atoms with E-state index < -0.39 is 5.60 Å². The summed E-state index contributed by atoms with van der Waals surface area (Å²) >= 11 is 0. The first-order valence-corrected chi connectivity index (χ1v) is 5.59. The van der Waals surface area contributed by atoms with Gasteiger partial charge in [-0.3, -0.25) is 0 Å². The molecule has 0 radical (unpaired) electrons. The molecule has 2 heteroatoms. The highest BCUT2D eigenvalue weighted by atomic mass is 16.5.